The minimum atomic E-state index is -0.729. The molecule has 0 radical (unpaired) electrons. The molecule has 0 heterocycles. The number of carbonyl (C=O) groups is 1. The number of hydrogen-bond donors (Lipinski definition) is 1. The molecule has 2 aliphatic carbocycles. The maximum absolute atomic E-state index is 11.6. The van der Waals surface area contributed by atoms with Gasteiger partial charge in [0, 0.05) is 11.8 Å². The Kier molecular flexibility index (Phi) is 2.30. The molecule has 1 fully saturated rings. The van der Waals surface area contributed by atoms with Gasteiger partial charge in [-0.15, -0.1) is 0 Å². The summed E-state index contributed by atoms with van der Waals surface area (Å²) >= 11 is 0. The number of carbonyl (C=O) groups excluding carboxylic acids is 1. The van der Waals surface area contributed by atoms with Crippen LogP contribution in [0.1, 0.15) is 46.5 Å². The normalized spacial score (nSPS) is 39.6. The Labute approximate surface area is 91.4 Å². The van der Waals surface area contributed by atoms with Crippen LogP contribution >= 0.6 is 0 Å². The van der Waals surface area contributed by atoms with Gasteiger partial charge in [-0.25, -0.2) is 0 Å². The first-order valence-electron chi connectivity index (χ1n) is 5.81. The van der Waals surface area contributed by atoms with E-state index in [0.29, 0.717) is 12.3 Å². The zero-order valence-electron chi connectivity index (χ0n) is 9.84. The molecule has 0 bridgehead atoms. The van der Waals surface area contributed by atoms with Gasteiger partial charge in [-0.2, -0.15) is 0 Å². The van der Waals surface area contributed by atoms with Crippen molar-refractivity contribution in [2.45, 2.75) is 52.1 Å². The molecule has 0 aromatic rings. The number of hydrogen-bond acceptors (Lipinski definition) is 2. The van der Waals surface area contributed by atoms with Gasteiger partial charge in [0.1, 0.15) is 0 Å². The third-order valence-corrected chi connectivity index (χ3v) is 4.17. The Balaban J connectivity index is 2.42. The summed E-state index contributed by atoms with van der Waals surface area (Å²) in [5.41, 5.74) is -0.0515. The fourth-order valence-corrected chi connectivity index (χ4v) is 3.04. The van der Waals surface area contributed by atoms with E-state index in [1.54, 1.807) is 6.08 Å². The van der Waals surface area contributed by atoms with Crippen molar-refractivity contribution in [1.82, 2.24) is 0 Å². The molecule has 0 aromatic carbocycles. The molecule has 15 heavy (non-hydrogen) atoms. The van der Waals surface area contributed by atoms with Crippen LogP contribution in [0.25, 0.3) is 0 Å². The van der Waals surface area contributed by atoms with E-state index in [0.717, 1.165) is 24.8 Å². The van der Waals surface area contributed by atoms with Gasteiger partial charge < -0.3 is 5.11 Å². The van der Waals surface area contributed by atoms with Crippen molar-refractivity contribution in [1.29, 1.82) is 0 Å². The minimum absolute atomic E-state index is 0.175. The molecular formula is C13H20O2. The Morgan fingerprint density at radius 3 is 2.80 bits per heavy atom. The van der Waals surface area contributed by atoms with Crippen LogP contribution in [0.3, 0.4) is 0 Å². The average Bonchev–Trinajstić information content (AvgIpc) is 2.08. The Morgan fingerprint density at radius 2 is 2.13 bits per heavy atom. The highest BCUT2D eigenvalue weighted by atomic mass is 16.3. The standard InChI is InChI=1S/C13H20O2/c1-9-4-5-13(15)10(6-9)7-11(14)8-12(13,2)3/h7,9,15H,4-6,8H2,1-3H3. The summed E-state index contributed by atoms with van der Waals surface area (Å²) in [6, 6.07) is 0. The van der Waals surface area contributed by atoms with Crippen LogP contribution in [0.15, 0.2) is 11.6 Å². The number of ketones is 1. The van der Waals surface area contributed by atoms with E-state index in [9.17, 15) is 9.90 Å². The van der Waals surface area contributed by atoms with Gasteiger partial charge >= 0.3 is 0 Å². The second-order valence-electron chi connectivity index (χ2n) is 5.90. The molecule has 0 amide bonds. The molecule has 0 spiro atoms. The molecule has 2 heteroatoms. The van der Waals surface area contributed by atoms with Gasteiger partial charge in [0.25, 0.3) is 0 Å². The van der Waals surface area contributed by atoms with Crippen molar-refractivity contribution in [2.24, 2.45) is 11.3 Å². The van der Waals surface area contributed by atoms with E-state index in [1.165, 1.54) is 0 Å². The van der Waals surface area contributed by atoms with Crippen molar-refractivity contribution in [3.05, 3.63) is 11.6 Å². The van der Waals surface area contributed by atoms with Crippen LogP contribution in [0, 0.1) is 11.3 Å². The maximum atomic E-state index is 11.6. The third kappa shape index (κ3) is 1.55. The van der Waals surface area contributed by atoms with Crippen molar-refractivity contribution < 1.29 is 9.90 Å². The smallest absolute Gasteiger partial charge is 0.156 e. The molecule has 0 aromatic heterocycles. The molecule has 84 valence electrons. The van der Waals surface area contributed by atoms with Crippen molar-refractivity contribution in [3.8, 4) is 0 Å². The van der Waals surface area contributed by atoms with E-state index < -0.39 is 5.60 Å². The highest BCUT2D eigenvalue weighted by Gasteiger charge is 2.51. The second kappa shape index (κ2) is 3.18. The highest BCUT2D eigenvalue weighted by molar-refractivity contribution is 5.92. The van der Waals surface area contributed by atoms with Gasteiger partial charge in [0.2, 0.25) is 0 Å². The first-order valence-corrected chi connectivity index (χ1v) is 5.81. The lowest BCUT2D eigenvalue weighted by Gasteiger charge is -2.50. The summed E-state index contributed by atoms with van der Waals surface area (Å²) in [7, 11) is 0. The van der Waals surface area contributed by atoms with Gasteiger partial charge in [-0.3, -0.25) is 4.79 Å². The first-order chi connectivity index (χ1) is 6.85. The van der Waals surface area contributed by atoms with E-state index in [-0.39, 0.29) is 11.2 Å². The monoisotopic (exact) mass is 208 g/mol. The number of allylic oxidation sites excluding steroid dienone is 1. The molecule has 2 nitrogen and oxygen atoms in total. The van der Waals surface area contributed by atoms with Crippen LogP contribution in [0.2, 0.25) is 0 Å². The Morgan fingerprint density at radius 1 is 1.47 bits per heavy atom. The van der Waals surface area contributed by atoms with Gasteiger partial charge in [0.15, 0.2) is 5.78 Å². The van der Waals surface area contributed by atoms with Gasteiger partial charge in [0.05, 0.1) is 5.60 Å². The summed E-state index contributed by atoms with van der Waals surface area (Å²) in [6.07, 6.45) is 4.92. The lowest BCUT2D eigenvalue weighted by atomic mass is 9.58. The average molecular weight is 208 g/mol. The number of aliphatic hydroxyl groups is 1. The largest absolute Gasteiger partial charge is 0.385 e. The highest BCUT2D eigenvalue weighted by Crippen LogP contribution is 2.51. The van der Waals surface area contributed by atoms with Crippen molar-refractivity contribution in [2.75, 3.05) is 0 Å². The summed E-state index contributed by atoms with van der Waals surface area (Å²) in [6.45, 7) is 6.20. The van der Waals surface area contributed by atoms with Gasteiger partial charge in [-0.1, -0.05) is 20.8 Å². The quantitative estimate of drug-likeness (QED) is 0.664. The lowest BCUT2D eigenvalue weighted by molar-refractivity contribution is -0.126. The van der Waals surface area contributed by atoms with Crippen LogP contribution in [-0.2, 0) is 4.79 Å². The van der Waals surface area contributed by atoms with Crippen LogP contribution in [-0.4, -0.2) is 16.5 Å². The van der Waals surface area contributed by atoms with Crippen molar-refractivity contribution >= 4 is 5.78 Å². The Bertz CT molecular complexity index is 327. The fraction of sp³-hybridized carbons (Fsp3) is 0.769. The molecule has 2 atom stereocenters. The molecule has 2 unspecified atom stereocenters. The molecular weight excluding hydrogens is 188 g/mol. The SMILES string of the molecule is CC1CCC2(O)C(=CC(=O)CC2(C)C)C1. The van der Waals surface area contributed by atoms with E-state index in [1.807, 2.05) is 13.8 Å². The number of fused-ring (bicyclic) bond motifs is 1. The zero-order valence-corrected chi connectivity index (χ0v) is 9.84. The molecule has 2 rings (SSSR count). The van der Waals surface area contributed by atoms with Gasteiger partial charge in [-0.05, 0) is 36.8 Å². The predicted molar refractivity (Wildman–Crippen MR) is 59.5 cm³/mol. The molecule has 2 aliphatic rings. The molecule has 1 N–H and O–H groups in total. The predicted octanol–water partition coefficient (Wildman–Crippen LogP) is 2.46. The molecule has 0 saturated heterocycles. The van der Waals surface area contributed by atoms with Crippen LogP contribution in [0.4, 0.5) is 0 Å². The third-order valence-electron chi connectivity index (χ3n) is 4.17. The Hall–Kier alpha value is -0.630. The topological polar surface area (TPSA) is 37.3 Å². The maximum Gasteiger partial charge on any atom is 0.156 e. The number of rotatable bonds is 0. The van der Waals surface area contributed by atoms with E-state index in [2.05, 4.69) is 6.92 Å². The summed E-state index contributed by atoms with van der Waals surface area (Å²) in [5.74, 6) is 0.770. The fourth-order valence-electron chi connectivity index (χ4n) is 3.04. The van der Waals surface area contributed by atoms with Crippen LogP contribution in [0.5, 0.6) is 0 Å². The summed E-state index contributed by atoms with van der Waals surface area (Å²) in [4.78, 5) is 11.6. The first kappa shape index (κ1) is 10.9. The molecule has 0 aliphatic heterocycles. The van der Waals surface area contributed by atoms with Crippen LogP contribution < -0.4 is 0 Å². The zero-order chi connectivity index (χ0) is 11.3. The minimum Gasteiger partial charge on any atom is -0.385 e. The summed E-state index contributed by atoms with van der Waals surface area (Å²) < 4.78 is 0. The molecule has 1 saturated carbocycles. The van der Waals surface area contributed by atoms with E-state index >= 15 is 0 Å². The summed E-state index contributed by atoms with van der Waals surface area (Å²) in [5, 5.41) is 10.7. The van der Waals surface area contributed by atoms with Crippen molar-refractivity contribution in [3.63, 3.8) is 0 Å². The van der Waals surface area contributed by atoms with E-state index in [4.69, 9.17) is 0 Å². The second-order valence-corrected chi connectivity index (χ2v) is 5.90. The lowest BCUT2D eigenvalue weighted by Crippen LogP contribution is -2.52.